The number of nitrogens with one attached hydrogen (secondary N) is 1. The second-order valence-corrected chi connectivity index (χ2v) is 4.24. The smallest absolute Gasteiger partial charge is 0.165 e. The van der Waals surface area contributed by atoms with Crippen LogP contribution in [0.15, 0.2) is 24.3 Å². The molecule has 0 bridgehead atoms. The van der Waals surface area contributed by atoms with Crippen molar-refractivity contribution in [1.82, 2.24) is 0 Å². The quantitative estimate of drug-likeness (QED) is 0.758. The second-order valence-electron chi connectivity index (χ2n) is 4.24. The minimum atomic E-state index is -0.286. The molecular formula is C13H19FNO2+. The summed E-state index contributed by atoms with van der Waals surface area (Å²) in [6.07, 6.45) is 0.948. The fourth-order valence-electron chi connectivity index (χ4n) is 1.98. The minimum absolute atomic E-state index is 0.286. The van der Waals surface area contributed by atoms with Crippen molar-refractivity contribution in [2.75, 3.05) is 39.5 Å². The van der Waals surface area contributed by atoms with E-state index in [0.29, 0.717) is 12.4 Å². The van der Waals surface area contributed by atoms with Crippen LogP contribution < -0.4 is 9.64 Å². The van der Waals surface area contributed by atoms with Crippen LogP contribution in [0.1, 0.15) is 6.42 Å². The Kier molecular flexibility index (Phi) is 4.76. The lowest BCUT2D eigenvalue weighted by atomic mass is 10.3. The fourth-order valence-corrected chi connectivity index (χ4v) is 1.98. The molecule has 4 heteroatoms. The van der Waals surface area contributed by atoms with Gasteiger partial charge in [-0.3, -0.25) is 0 Å². The number of hydrogen-bond acceptors (Lipinski definition) is 2. The molecule has 0 amide bonds. The average molecular weight is 240 g/mol. The third kappa shape index (κ3) is 3.98. The van der Waals surface area contributed by atoms with E-state index in [1.165, 1.54) is 6.07 Å². The van der Waals surface area contributed by atoms with E-state index < -0.39 is 0 Å². The Bertz CT molecular complexity index is 340. The monoisotopic (exact) mass is 240 g/mol. The molecule has 0 atom stereocenters. The lowest BCUT2D eigenvalue weighted by Crippen LogP contribution is -3.14. The third-order valence-corrected chi connectivity index (χ3v) is 2.97. The molecule has 3 nitrogen and oxygen atoms in total. The maximum absolute atomic E-state index is 13.2. The van der Waals surface area contributed by atoms with Gasteiger partial charge in [-0.05, 0) is 12.1 Å². The Labute approximate surface area is 101 Å². The minimum Gasteiger partial charge on any atom is -0.490 e. The highest BCUT2D eigenvalue weighted by Gasteiger charge is 2.12. The van der Waals surface area contributed by atoms with Crippen LogP contribution in [0, 0.1) is 5.82 Å². The van der Waals surface area contributed by atoms with Crippen molar-refractivity contribution in [3.63, 3.8) is 0 Å². The number of para-hydroxylation sites is 1. The van der Waals surface area contributed by atoms with Gasteiger partial charge in [-0.15, -0.1) is 0 Å². The van der Waals surface area contributed by atoms with E-state index in [-0.39, 0.29) is 5.82 Å². The van der Waals surface area contributed by atoms with Crippen LogP contribution in [0.3, 0.4) is 0 Å². The molecule has 0 radical (unpaired) electrons. The summed E-state index contributed by atoms with van der Waals surface area (Å²) in [7, 11) is 0. The molecule has 0 unspecified atom stereocenters. The van der Waals surface area contributed by atoms with Crippen LogP contribution in [0.4, 0.5) is 4.39 Å². The molecule has 94 valence electrons. The summed E-state index contributed by atoms with van der Waals surface area (Å²) in [5, 5.41) is 0. The molecule has 0 aliphatic carbocycles. The van der Waals surface area contributed by atoms with Crippen LogP contribution in [-0.4, -0.2) is 39.5 Å². The molecule has 1 aliphatic rings. The SMILES string of the molecule is Fc1ccccc1OCCC[NH+]1CCOCC1. The first-order valence-corrected chi connectivity index (χ1v) is 6.15. The Morgan fingerprint density at radius 3 is 2.76 bits per heavy atom. The number of morpholine rings is 1. The number of rotatable bonds is 5. The molecule has 1 aliphatic heterocycles. The Morgan fingerprint density at radius 2 is 2.00 bits per heavy atom. The van der Waals surface area contributed by atoms with Crippen LogP contribution in [-0.2, 0) is 4.74 Å². The van der Waals surface area contributed by atoms with Crippen molar-refractivity contribution in [2.45, 2.75) is 6.42 Å². The first-order valence-electron chi connectivity index (χ1n) is 6.15. The van der Waals surface area contributed by atoms with E-state index in [2.05, 4.69) is 0 Å². The summed E-state index contributed by atoms with van der Waals surface area (Å²) < 4.78 is 23.9. The van der Waals surface area contributed by atoms with Crippen LogP contribution in [0.25, 0.3) is 0 Å². The molecule has 1 N–H and O–H groups in total. The normalized spacial score (nSPS) is 17.0. The van der Waals surface area contributed by atoms with E-state index in [4.69, 9.17) is 9.47 Å². The summed E-state index contributed by atoms with van der Waals surface area (Å²) in [5.74, 6) is 0.0655. The van der Waals surface area contributed by atoms with Gasteiger partial charge in [-0.1, -0.05) is 12.1 Å². The second kappa shape index (κ2) is 6.57. The maximum Gasteiger partial charge on any atom is 0.165 e. The summed E-state index contributed by atoms with van der Waals surface area (Å²) >= 11 is 0. The summed E-state index contributed by atoms with van der Waals surface area (Å²) in [4.78, 5) is 1.55. The van der Waals surface area contributed by atoms with Gasteiger partial charge in [0.1, 0.15) is 13.1 Å². The largest absolute Gasteiger partial charge is 0.490 e. The highest BCUT2D eigenvalue weighted by Crippen LogP contribution is 2.15. The zero-order valence-corrected chi connectivity index (χ0v) is 9.95. The molecule has 1 heterocycles. The zero-order valence-electron chi connectivity index (χ0n) is 9.95. The molecule has 0 aromatic heterocycles. The van der Waals surface area contributed by atoms with Crippen LogP contribution in [0.5, 0.6) is 5.75 Å². The van der Waals surface area contributed by atoms with Crippen molar-refractivity contribution in [1.29, 1.82) is 0 Å². The van der Waals surface area contributed by atoms with Crippen LogP contribution >= 0.6 is 0 Å². The average Bonchev–Trinajstić information content (AvgIpc) is 2.38. The molecule has 1 aromatic carbocycles. The lowest BCUT2D eigenvalue weighted by molar-refractivity contribution is -0.908. The molecule has 1 saturated heterocycles. The predicted molar refractivity (Wildman–Crippen MR) is 62.9 cm³/mol. The summed E-state index contributed by atoms with van der Waals surface area (Å²) in [5.41, 5.74) is 0. The summed E-state index contributed by atoms with van der Waals surface area (Å²) in [6.45, 7) is 5.48. The molecule has 1 fully saturated rings. The Hall–Kier alpha value is -1.13. The van der Waals surface area contributed by atoms with Crippen molar-refractivity contribution in [2.24, 2.45) is 0 Å². The summed E-state index contributed by atoms with van der Waals surface area (Å²) in [6, 6.07) is 6.53. The zero-order chi connectivity index (χ0) is 11.9. The number of quaternary nitrogens is 1. The molecule has 2 rings (SSSR count). The van der Waals surface area contributed by atoms with Gasteiger partial charge >= 0.3 is 0 Å². The van der Waals surface area contributed by atoms with Crippen LogP contribution in [0.2, 0.25) is 0 Å². The van der Waals surface area contributed by atoms with Gasteiger partial charge in [0, 0.05) is 6.42 Å². The van der Waals surface area contributed by atoms with Gasteiger partial charge in [0.25, 0.3) is 0 Å². The van der Waals surface area contributed by atoms with Gasteiger partial charge in [-0.2, -0.15) is 0 Å². The maximum atomic E-state index is 13.2. The molecule has 17 heavy (non-hydrogen) atoms. The van der Waals surface area contributed by atoms with Gasteiger partial charge in [0.05, 0.1) is 26.4 Å². The van der Waals surface area contributed by atoms with E-state index >= 15 is 0 Å². The van der Waals surface area contributed by atoms with E-state index in [0.717, 1.165) is 39.3 Å². The van der Waals surface area contributed by atoms with Crippen molar-refractivity contribution in [3.8, 4) is 5.75 Å². The highest BCUT2D eigenvalue weighted by atomic mass is 19.1. The molecule has 0 saturated carbocycles. The first kappa shape index (κ1) is 12.3. The van der Waals surface area contributed by atoms with Crippen molar-refractivity contribution < 1.29 is 18.8 Å². The number of halogens is 1. The third-order valence-electron chi connectivity index (χ3n) is 2.97. The highest BCUT2D eigenvalue weighted by molar-refractivity contribution is 5.23. The number of ether oxygens (including phenoxy) is 2. The lowest BCUT2D eigenvalue weighted by Gasteiger charge is -2.23. The molecular weight excluding hydrogens is 221 g/mol. The van der Waals surface area contributed by atoms with Gasteiger partial charge < -0.3 is 14.4 Å². The standard InChI is InChI=1S/C13H18FNO2/c14-12-4-1-2-5-13(12)17-9-3-6-15-7-10-16-11-8-15/h1-2,4-5H,3,6-11H2/p+1. The first-order chi connectivity index (χ1) is 8.36. The van der Waals surface area contributed by atoms with E-state index in [1.807, 2.05) is 0 Å². The Balaban J connectivity index is 1.64. The Morgan fingerprint density at radius 1 is 1.24 bits per heavy atom. The van der Waals surface area contributed by atoms with Crippen molar-refractivity contribution >= 4 is 0 Å². The number of hydrogen-bond donors (Lipinski definition) is 1. The molecule has 0 spiro atoms. The van der Waals surface area contributed by atoms with Gasteiger partial charge in [0.2, 0.25) is 0 Å². The van der Waals surface area contributed by atoms with Crippen molar-refractivity contribution in [3.05, 3.63) is 30.1 Å². The van der Waals surface area contributed by atoms with E-state index in [9.17, 15) is 4.39 Å². The van der Waals surface area contributed by atoms with E-state index in [1.54, 1.807) is 23.1 Å². The predicted octanol–water partition coefficient (Wildman–Crippen LogP) is 0.510. The van der Waals surface area contributed by atoms with Gasteiger partial charge in [-0.25, -0.2) is 4.39 Å². The van der Waals surface area contributed by atoms with Gasteiger partial charge in [0.15, 0.2) is 11.6 Å². The number of benzene rings is 1. The molecule has 1 aromatic rings. The fraction of sp³-hybridized carbons (Fsp3) is 0.538. The topological polar surface area (TPSA) is 22.9 Å².